The van der Waals surface area contributed by atoms with Gasteiger partial charge in [-0.2, -0.15) is 0 Å². The molecule has 3 rings (SSSR count). The van der Waals surface area contributed by atoms with E-state index in [1.807, 2.05) is 0 Å². The Hall–Kier alpha value is -5.31. The number of carboxylic acids is 3. The molecule has 0 aromatic heterocycles. The Kier molecular flexibility index (Phi) is 7.48. The maximum atomic E-state index is 13.4. The monoisotopic (exact) mass is 504 g/mol. The topological polar surface area (TPSA) is 169 Å². The van der Waals surface area contributed by atoms with Crippen LogP contribution in [0.2, 0.25) is 0 Å². The van der Waals surface area contributed by atoms with E-state index in [0.29, 0.717) is 16.2 Å². The highest BCUT2D eigenvalue weighted by Gasteiger charge is 2.38. The maximum absolute atomic E-state index is 13.4. The number of carboxylic acid groups (broad SMARTS) is 3. The molecule has 0 bridgehead atoms. The molecule has 37 heavy (non-hydrogen) atoms. The lowest BCUT2D eigenvalue weighted by Crippen LogP contribution is -2.46. The van der Waals surface area contributed by atoms with Crippen molar-refractivity contribution < 1.29 is 39.3 Å². The highest BCUT2D eigenvalue weighted by Crippen LogP contribution is 2.30. The summed E-state index contributed by atoms with van der Waals surface area (Å²) in [6.07, 6.45) is 0. The molecule has 1 aliphatic rings. The number of benzene rings is 2. The first-order chi connectivity index (χ1) is 17.4. The molecule has 0 radical (unpaired) electrons. The van der Waals surface area contributed by atoms with Crippen molar-refractivity contribution in [2.24, 2.45) is 4.99 Å². The van der Waals surface area contributed by atoms with E-state index in [2.05, 4.69) is 9.84 Å². The normalized spacial score (nSPS) is 14.5. The molecule has 0 unspecified atom stereocenters. The number of aliphatic imine (C=N–C) groups is 1. The summed E-state index contributed by atoms with van der Waals surface area (Å²) in [5.74, 6) is -5.48. The van der Waals surface area contributed by atoms with Crippen LogP contribution in [-0.4, -0.2) is 63.8 Å². The minimum atomic E-state index is -1.26. The van der Waals surface area contributed by atoms with Crippen molar-refractivity contribution in [2.75, 3.05) is 22.9 Å². The van der Waals surface area contributed by atoms with Gasteiger partial charge < -0.3 is 20.2 Å². The molecule has 12 nitrogen and oxygen atoms in total. The minimum Gasteiger partial charge on any atom is -0.480 e. The fourth-order valence-corrected chi connectivity index (χ4v) is 3.66. The highest BCUT2D eigenvalue weighted by atomic mass is 16.4. The Morgan fingerprint density at radius 1 is 0.973 bits per heavy atom. The number of aliphatic carboxylic acids is 2. The van der Waals surface area contributed by atoms with E-state index in [1.165, 1.54) is 43.3 Å². The fraction of sp³-hybridized carbons (Fsp3) is 0.160. The molecular formula is C25H20N4O8. The number of aryl methyl sites for hydroxylation is 1. The van der Waals surface area contributed by atoms with Gasteiger partial charge >= 0.3 is 17.9 Å². The van der Waals surface area contributed by atoms with Crippen LogP contribution < -0.4 is 9.80 Å². The minimum absolute atomic E-state index is 0.0393. The quantitative estimate of drug-likeness (QED) is 0.361. The number of rotatable bonds is 8. The van der Waals surface area contributed by atoms with E-state index in [4.69, 9.17) is 16.8 Å². The molecule has 12 heteroatoms. The van der Waals surface area contributed by atoms with Gasteiger partial charge in [-0.15, -0.1) is 0 Å². The Morgan fingerprint density at radius 3 is 2.16 bits per heavy atom. The van der Waals surface area contributed by atoms with Gasteiger partial charge in [0.2, 0.25) is 0 Å². The van der Waals surface area contributed by atoms with Crippen molar-refractivity contribution >= 4 is 52.5 Å². The molecule has 0 fully saturated rings. The summed E-state index contributed by atoms with van der Waals surface area (Å²) in [7, 11) is 0. The number of carbonyl (C=O) groups is 5. The smallest absolute Gasteiger partial charge is 0.335 e. The lowest BCUT2D eigenvalue weighted by Gasteiger charge is -2.27. The van der Waals surface area contributed by atoms with Crippen LogP contribution in [-0.2, 0) is 19.2 Å². The van der Waals surface area contributed by atoms with Gasteiger partial charge in [-0.05, 0) is 61.4 Å². The van der Waals surface area contributed by atoms with E-state index in [9.17, 15) is 29.1 Å². The van der Waals surface area contributed by atoms with Gasteiger partial charge in [-0.3, -0.25) is 24.1 Å². The van der Waals surface area contributed by atoms with Crippen molar-refractivity contribution in [3.8, 4) is 0 Å². The molecule has 0 atom stereocenters. The maximum Gasteiger partial charge on any atom is 0.335 e. The molecule has 2 aromatic carbocycles. The highest BCUT2D eigenvalue weighted by molar-refractivity contribution is 6.57. The van der Waals surface area contributed by atoms with Gasteiger partial charge in [-0.1, -0.05) is 6.07 Å². The lowest BCUT2D eigenvalue weighted by atomic mass is 10.0. The average Bonchev–Trinajstić information content (AvgIpc) is 2.82. The van der Waals surface area contributed by atoms with Crippen LogP contribution in [0.4, 0.5) is 17.1 Å². The zero-order valence-corrected chi connectivity index (χ0v) is 19.6. The summed E-state index contributed by atoms with van der Waals surface area (Å²) in [5.41, 5.74) is 0.293. The number of aromatic carboxylic acids is 1. The lowest BCUT2D eigenvalue weighted by molar-refractivity contribution is -0.136. The molecule has 2 amide bonds. The molecular weight excluding hydrogens is 484 g/mol. The SMILES string of the molecule is [C-]#[N+]C1=C(C)C(=Nc2ccc(N(CC(=O)O)CC(=O)O)cc2C)C(=O)N(c2cccc(C(=O)O)c2)C1=O. The van der Waals surface area contributed by atoms with Gasteiger partial charge in [0.15, 0.2) is 0 Å². The Labute approximate surface area is 210 Å². The zero-order valence-electron chi connectivity index (χ0n) is 19.6. The summed E-state index contributed by atoms with van der Waals surface area (Å²) < 4.78 is 0. The van der Waals surface area contributed by atoms with Crippen LogP contribution in [0.3, 0.4) is 0 Å². The van der Waals surface area contributed by atoms with E-state index in [-0.39, 0.29) is 33.9 Å². The van der Waals surface area contributed by atoms with Crippen molar-refractivity contribution in [1.29, 1.82) is 0 Å². The van der Waals surface area contributed by atoms with Crippen molar-refractivity contribution in [3.05, 3.63) is 76.3 Å². The fourth-order valence-electron chi connectivity index (χ4n) is 3.66. The first-order valence-corrected chi connectivity index (χ1v) is 10.6. The molecule has 2 aromatic rings. The number of nitrogens with zero attached hydrogens (tertiary/aromatic N) is 4. The summed E-state index contributed by atoms with van der Waals surface area (Å²) in [6.45, 7) is 9.35. The number of hydrogen-bond acceptors (Lipinski definition) is 7. The summed E-state index contributed by atoms with van der Waals surface area (Å²) in [4.78, 5) is 69.5. The molecule has 1 heterocycles. The summed E-state index contributed by atoms with van der Waals surface area (Å²) in [6, 6.07) is 9.56. The van der Waals surface area contributed by atoms with Gasteiger partial charge in [0.05, 0.1) is 23.5 Å². The Balaban J connectivity index is 2.09. The summed E-state index contributed by atoms with van der Waals surface area (Å²) >= 11 is 0. The van der Waals surface area contributed by atoms with Gasteiger partial charge in [0, 0.05) is 5.69 Å². The van der Waals surface area contributed by atoms with E-state index in [0.717, 1.165) is 11.0 Å². The molecule has 0 saturated heterocycles. The van der Waals surface area contributed by atoms with Crippen molar-refractivity contribution in [1.82, 2.24) is 0 Å². The van der Waals surface area contributed by atoms with E-state index < -0.39 is 42.8 Å². The second-order valence-electron chi connectivity index (χ2n) is 7.96. The van der Waals surface area contributed by atoms with Crippen LogP contribution >= 0.6 is 0 Å². The van der Waals surface area contributed by atoms with Crippen molar-refractivity contribution in [3.63, 3.8) is 0 Å². The zero-order chi connectivity index (χ0) is 27.4. The molecule has 0 spiro atoms. The van der Waals surface area contributed by atoms with Crippen LogP contribution in [0.5, 0.6) is 0 Å². The molecule has 1 aliphatic heterocycles. The third-order valence-corrected chi connectivity index (χ3v) is 5.41. The van der Waals surface area contributed by atoms with Crippen LogP contribution in [0.15, 0.2) is 58.7 Å². The number of hydrogen-bond donors (Lipinski definition) is 3. The third-order valence-electron chi connectivity index (χ3n) is 5.41. The van der Waals surface area contributed by atoms with Crippen LogP contribution in [0.25, 0.3) is 4.85 Å². The first-order valence-electron chi connectivity index (χ1n) is 10.6. The standard InChI is InChI=1S/C25H20N4O8/c1-13-9-16(28(11-19(30)31)12-20(32)33)7-8-18(13)27-22-14(2)21(26-3)23(34)29(24(22)35)17-6-4-5-15(10-17)25(36)37/h4-10H,11-12H2,1-2H3,(H,30,31)(H,32,33)(H,36,37). The Morgan fingerprint density at radius 2 is 1.62 bits per heavy atom. The van der Waals surface area contributed by atoms with Crippen LogP contribution in [0, 0.1) is 13.5 Å². The molecule has 0 aliphatic carbocycles. The van der Waals surface area contributed by atoms with E-state index >= 15 is 0 Å². The predicted octanol–water partition coefficient (Wildman–Crippen LogP) is 2.51. The second kappa shape index (κ2) is 10.5. The molecule has 188 valence electrons. The largest absolute Gasteiger partial charge is 0.480 e. The first kappa shape index (κ1) is 26.3. The van der Waals surface area contributed by atoms with Gasteiger partial charge in [-0.25, -0.2) is 14.6 Å². The van der Waals surface area contributed by atoms with Gasteiger partial charge in [0.1, 0.15) is 18.8 Å². The number of carbonyl (C=O) groups excluding carboxylic acids is 2. The number of imide groups is 1. The van der Waals surface area contributed by atoms with Crippen molar-refractivity contribution in [2.45, 2.75) is 13.8 Å². The Bertz CT molecular complexity index is 1430. The number of anilines is 2. The van der Waals surface area contributed by atoms with Crippen LogP contribution in [0.1, 0.15) is 22.8 Å². The molecule has 3 N–H and O–H groups in total. The number of amides is 2. The average molecular weight is 504 g/mol. The van der Waals surface area contributed by atoms with Gasteiger partial charge in [0.25, 0.3) is 17.5 Å². The van der Waals surface area contributed by atoms with E-state index in [1.54, 1.807) is 6.92 Å². The second-order valence-corrected chi connectivity index (χ2v) is 7.96. The predicted molar refractivity (Wildman–Crippen MR) is 131 cm³/mol. The molecule has 0 saturated carbocycles. The third kappa shape index (κ3) is 5.51. The summed E-state index contributed by atoms with van der Waals surface area (Å²) in [5, 5.41) is 27.5.